The first-order valence-electron chi connectivity index (χ1n) is 5.10. The normalized spacial score (nSPS) is 23.7. The average Bonchev–Trinajstić information content (AvgIpc) is 2.50. The number of rotatable bonds is 4. The van der Waals surface area contributed by atoms with Gasteiger partial charge in [0.2, 0.25) is 5.91 Å². The predicted octanol–water partition coefficient (Wildman–Crippen LogP) is -0.712. The lowest BCUT2D eigenvalue weighted by atomic mass is 10.2. The van der Waals surface area contributed by atoms with E-state index in [1.165, 1.54) is 6.26 Å². The van der Waals surface area contributed by atoms with E-state index in [2.05, 4.69) is 10.6 Å². The standard InChI is InChI=1S/C9H18N2O3S/c1-7(6-15(2,13)14)11-9(12)8-4-3-5-10-8/h7-8,10H,3-6H2,1-2H3,(H,11,12). The predicted molar refractivity (Wildman–Crippen MR) is 58.3 cm³/mol. The van der Waals surface area contributed by atoms with E-state index in [0.29, 0.717) is 0 Å². The van der Waals surface area contributed by atoms with Crippen LogP contribution in [-0.4, -0.2) is 45.0 Å². The number of carbonyl (C=O) groups is 1. The molecule has 1 heterocycles. The van der Waals surface area contributed by atoms with Crippen molar-refractivity contribution in [2.24, 2.45) is 0 Å². The Balaban J connectivity index is 2.37. The van der Waals surface area contributed by atoms with Gasteiger partial charge in [-0.05, 0) is 26.3 Å². The van der Waals surface area contributed by atoms with Gasteiger partial charge in [0, 0.05) is 12.3 Å². The lowest BCUT2D eigenvalue weighted by Gasteiger charge is -2.16. The molecule has 1 aliphatic heterocycles. The van der Waals surface area contributed by atoms with E-state index in [1.807, 2.05) is 0 Å². The van der Waals surface area contributed by atoms with E-state index in [9.17, 15) is 13.2 Å². The zero-order valence-corrected chi connectivity index (χ0v) is 9.93. The van der Waals surface area contributed by atoms with E-state index >= 15 is 0 Å². The fourth-order valence-corrected chi connectivity index (χ4v) is 2.74. The maximum absolute atomic E-state index is 11.6. The highest BCUT2D eigenvalue weighted by atomic mass is 32.2. The van der Waals surface area contributed by atoms with Gasteiger partial charge in [0.05, 0.1) is 11.8 Å². The zero-order valence-electron chi connectivity index (χ0n) is 9.12. The maximum atomic E-state index is 11.6. The molecule has 2 unspecified atom stereocenters. The summed E-state index contributed by atoms with van der Waals surface area (Å²) >= 11 is 0. The first-order chi connectivity index (χ1) is 6.88. The van der Waals surface area contributed by atoms with Gasteiger partial charge in [0.1, 0.15) is 9.84 Å². The SMILES string of the molecule is CC(CS(C)(=O)=O)NC(=O)C1CCCN1. The number of amides is 1. The summed E-state index contributed by atoms with van der Waals surface area (Å²) in [4.78, 5) is 11.6. The summed E-state index contributed by atoms with van der Waals surface area (Å²) in [5.74, 6) is -0.102. The average molecular weight is 234 g/mol. The van der Waals surface area contributed by atoms with Gasteiger partial charge in [-0.25, -0.2) is 8.42 Å². The van der Waals surface area contributed by atoms with E-state index in [4.69, 9.17) is 0 Å². The van der Waals surface area contributed by atoms with Crippen molar-refractivity contribution in [1.29, 1.82) is 0 Å². The van der Waals surface area contributed by atoms with Gasteiger partial charge in [-0.15, -0.1) is 0 Å². The van der Waals surface area contributed by atoms with Gasteiger partial charge in [0.15, 0.2) is 0 Å². The molecule has 2 atom stereocenters. The molecule has 0 radical (unpaired) electrons. The fraction of sp³-hybridized carbons (Fsp3) is 0.889. The van der Waals surface area contributed by atoms with Crippen LogP contribution in [0.4, 0.5) is 0 Å². The van der Waals surface area contributed by atoms with Gasteiger partial charge in [0.25, 0.3) is 0 Å². The van der Waals surface area contributed by atoms with Crippen molar-refractivity contribution in [3.05, 3.63) is 0 Å². The molecule has 2 N–H and O–H groups in total. The lowest BCUT2D eigenvalue weighted by molar-refractivity contribution is -0.123. The van der Waals surface area contributed by atoms with E-state index in [-0.39, 0.29) is 23.7 Å². The lowest BCUT2D eigenvalue weighted by Crippen LogP contribution is -2.46. The van der Waals surface area contributed by atoms with Crippen molar-refractivity contribution in [2.75, 3.05) is 18.6 Å². The molecule has 0 aromatic heterocycles. The third kappa shape index (κ3) is 4.61. The van der Waals surface area contributed by atoms with Crippen LogP contribution in [0.25, 0.3) is 0 Å². The Labute approximate surface area is 90.5 Å². The molecule has 6 heteroatoms. The Kier molecular flexibility index (Phi) is 4.10. The molecule has 0 aliphatic carbocycles. The van der Waals surface area contributed by atoms with Crippen LogP contribution in [0.2, 0.25) is 0 Å². The van der Waals surface area contributed by atoms with Crippen LogP contribution < -0.4 is 10.6 Å². The number of carbonyl (C=O) groups excluding carboxylic acids is 1. The van der Waals surface area contributed by atoms with Gasteiger partial charge >= 0.3 is 0 Å². The van der Waals surface area contributed by atoms with Crippen molar-refractivity contribution in [2.45, 2.75) is 31.8 Å². The second-order valence-corrected chi connectivity index (χ2v) is 6.34. The zero-order chi connectivity index (χ0) is 11.5. The second-order valence-electron chi connectivity index (χ2n) is 4.15. The van der Waals surface area contributed by atoms with Gasteiger partial charge in [-0.3, -0.25) is 4.79 Å². The highest BCUT2D eigenvalue weighted by Crippen LogP contribution is 2.05. The van der Waals surface area contributed by atoms with Crippen LogP contribution in [0.1, 0.15) is 19.8 Å². The highest BCUT2D eigenvalue weighted by Gasteiger charge is 2.23. The van der Waals surface area contributed by atoms with E-state index < -0.39 is 9.84 Å². The topological polar surface area (TPSA) is 75.3 Å². The molecule has 0 aromatic rings. The van der Waals surface area contributed by atoms with Crippen LogP contribution >= 0.6 is 0 Å². The molecule has 1 fully saturated rings. The Morgan fingerprint density at radius 3 is 2.73 bits per heavy atom. The first kappa shape index (κ1) is 12.4. The van der Waals surface area contributed by atoms with Crippen molar-refractivity contribution < 1.29 is 13.2 Å². The molecule has 0 aromatic carbocycles. The van der Waals surface area contributed by atoms with Gasteiger partial charge in [-0.2, -0.15) is 0 Å². The molecule has 1 amide bonds. The van der Waals surface area contributed by atoms with Crippen molar-refractivity contribution >= 4 is 15.7 Å². The summed E-state index contributed by atoms with van der Waals surface area (Å²) < 4.78 is 22.0. The summed E-state index contributed by atoms with van der Waals surface area (Å²) in [7, 11) is -3.03. The van der Waals surface area contributed by atoms with Crippen LogP contribution in [0, 0.1) is 0 Å². The summed E-state index contributed by atoms with van der Waals surface area (Å²) in [6, 6.07) is -0.470. The number of hydrogen-bond acceptors (Lipinski definition) is 4. The largest absolute Gasteiger partial charge is 0.351 e. The summed E-state index contributed by atoms with van der Waals surface area (Å²) in [6.07, 6.45) is 3.00. The van der Waals surface area contributed by atoms with Crippen LogP contribution in [-0.2, 0) is 14.6 Å². The maximum Gasteiger partial charge on any atom is 0.237 e. The minimum atomic E-state index is -3.03. The molecule has 1 aliphatic rings. The van der Waals surface area contributed by atoms with Crippen molar-refractivity contribution in [1.82, 2.24) is 10.6 Å². The molecule has 0 saturated carbocycles. The smallest absolute Gasteiger partial charge is 0.237 e. The molecule has 15 heavy (non-hydrogen) atoms. The van der Waals surface area contributed by atoms with Crippen LogP contribution in [0.15, 0.2) is 0 Å². The molecule has 88 valence electrons. The van der Waals surface area contributed by atoms with Gasteiger partial charge in [-0.1, -0.05) is 0 Å². The third-order valence-corrected chi connectivity index (χ3v) is 3.42. The number of nitrogens with one attached hydrogen (secondary N) is 2. The molecule has 1 rings (SSSR count). The Morgan fingerprint density at radius 1 is 1.60 bits per heavy atom. The minimum absolute atomic E-state index is 0.00847. The third-order valence-electron chi connectivity index (χ3n) is 2.32. The molecular weight excluding hydrogens is 216 g/mol. The Bertz CT molecular complexity index is 320. The van der Waals surface area contributed by atoms with Crippen LogP contribution in [0.3, 0.4) is 0 Å². The second kappa shape index (κ2) is 4.94. The number of hydrogen-bond donors (Lipinski definition) is 2. The monoisotopic (exact) mass is 234 g/mol. The summed E-state index contributed by atoms with van der Waals surface area (Å²) in [5, 5.41) is 5.76. The quantitative estimate of drug-likeness (QED) is 0.673. The highest BCUT2D eigenvalue weighted by molar-refractivity contribution is 7.90. The van der Waals surface area contributed by atoms with Crippen LogP contribution in [0.5, 0.6) is 0 Å². The molecule has 0 bridgehead atoms. The fourth-order valence-electron chi connectivity index (χ4n) is 1.75. The molecular formula is C9H18N2O3S. The molecule has 0 spiro atoms. The van der Waals surface area contributed by atoms with E-state index in [0.717, 1.165) is 19.4 Å². The first-order valence-corrected chi connectivity index (χ1v) is 7.16. The molecule has 5 nitrogen and oxygen atoms in total. The Morgan fingerprint density at radius 2 is 2.27 bits per heavy atom. The molecule has 1 saturated heterocycles. The number of sulfone groups is 1. The summed E-state index contributed by atoms with van der Waals surface area (Å²) in [6.45, 7) is 2.56. The Hall–Kier alpha value is -0.620. The van der Waals surface area contributed by atoms with Crippen molar-refractivity contribution in [3.8, 4) is 0 Å². The summed E-state index contributed by atoms with van der Waals surface area (Å²) in [5.41, 5.74) is 0. The minimum Gasteiger partial charge on any atom is -0.351 e. The van der Waals surface area contributed by atoms with Gasteiger partial charge < -0.3 is 10.6 Å². The van der Waals surface area contributed by atoms with Crippen molar-refractivity contribution in [3.63, 3.8) is 0 Å². The van der Waals surface area contributed by atoms with E-state index in [1.54, 1.807) is 6.92 Å².